The molecule has 1 unspecified atom stereocenters. The molecule has 1 atom stereocenters. The normalized spacial score (nSPS) is 21.6. The summed E-state index contributed by atoms with van der Waals surface area (Å²) < 4.78 is 1.15. The van der Waals surface area contributed by atoms with Crippen molar-refractivity contribution in [2.75, 3.05) is 0 Å². The number of benzene rings is 1. The number of rotatable bonds is 3. The summed E-state index contributed by atoms with van der Waals surface area (Å²) in [4.78, 5) is 26.7. The van der Waals surface area contributed by atoms with Crippen molar-refractivity contribution in [1.29, 1.82) is 0 Å². The first kappa shape index (κ1) is 16.3. The van der Waals surface area contributed by atoms with Crippen LogP contribution in [-0.4, -0.2) is 28.3 Å². The lowest BCUT2D eigenvalue weighted by molar-refractivity contribution is -0.156. The average molecular weight is 400 g/mol. The maximum atomic E-state index is 12.7. The van der Waals surface area contributed by atoms with Gasteiger partial charge in [0, 0.05) is 10.1 Å². The molecule has 114 valence electrons. The van der Waals surface area contributed by atoms with Crippen LogP contribution in [0.1, 0.15) is 33.3 Å². The number of piperazine rings is 1. The lowest BCUT2D eigenvalue weighted by Gasteiger charge is -2.44. The van der Waals surface area contributed by atoms with Gasteiger partial charge in [-0.1, -0.05) is 26.0 Å². The van der Waals surface area contributed by atoms with E-state index in [0.29, 0.717) is 6.54 Å². The molecule has 1 aliphatic rings. The van der Waals surface area contributed by atoms with E-state index in [1.165, 1.54) is 0 Å². The number of nitrogens with zero attached hydrogens (tertiary/aromatic N) is 1. The number of carbonyl (C=O) groups excluding carboxylic acids is 2. The number of amides is 2. The van der Waals surface area contributed by atoms with E-state index < -0.39 is 11.6 Å². The van der Waals surface area contributed by atoms with Gasteiger partial charge in [0.15, 0.2) is 0 Å². The molecule has 0 aromatic heterocycles. The van der Waals surface area contributed by atoms with E-state index in [1.807, 2.05) is 38.1 Å². The van der Waals surface area contributed by atoms with Crippen LogP contribution in [0.3, 0.4) is 0 Å². The molecule has 1 fully saturated rings. The van der Waals surface area contributed by atoms with Gasteiger partial charge >= 0.3 is 0 Å². The first-order valence-electron chi connectivity index (χ1n) is 7.10. The minimum absolute atomic E-state index is 0.0284. The molecule has 1 heterocycles. The summed E-state index contributed by atoms with van der Waals surface area (Å²) >= 11 is 2.25. The standard InChI is InChI=1S/C16H21IN2O2/c1-10(2)13-14(20)18-16(3,4)15(21)19(13)9-11-5-7-12(17)8-6-11/h5-8,10,13H,9H2,1-4H3,(H,18,20). The fourth-order valence-corrected chi connectivity index (χ4v) is 3.04. The fraction of sp³-hybridized carbons (Fsp3) is 0.500. The third-order valence-electron chi connectivity index (χ3n) is 3.73. The highest BCUT2D eigenvalue weighted by molar-refractivity contribution is 14.1. The summed E-state index contributed by atoms with van der Waals surface area (Å²) in [6, 6.07) is 7.63. The molecule has 0 aliphatic carbocycles. The van der Waals surface area contributed by atoms with Crippen molar-refractivity contribution in [1.82, 2.24) is 10.2 Å². The van der Waals surface area contributed by atoms with E-state index >= 15 is 0 Å². The van der Waals surface area contributed by atoms with Crippen molar-refractivity contribution in [3.63, 3.8) is 0 Å². The average Bonchev–Trinajstić information content (AvgIpc) is 2.37. The number of nitrogens with one attached hydrogen (secondary N) is 1. The van der Waals surface area contributed by atoms with Gasteiger partial charge in [0.25, 0.3) is 0 Å². The number of hydrogen-bond donors (Lipinski definition) is 1. The molecule has 1 aliphatic heterocycles. The van der Waals surface area contributed by atoms with E-state index in [0.717, 1.165) is 9.13 Å². The molecule has 2 rings (SSSR count). The highest BCUT2D eigenvalue weighted by Crippen LogP contribution is 2.25. The van der Waals surface area contributed by atoms with Gasteiger partial charge in [0.1, 0.15) is 11.6 Å². The van der Waals surface area contributed by atoms with E-state index in [1.54, 1.807) is 18.7 Å². The van der Waals surface area contributed by atoms with Crippen molar-refractivity contribution in [3.05, 3.63) is 33.4 Å². The molecule has 1 aromatic carbocycles. The maximum Gasteiger partial charge on any atom is 0.248 e. The van der Waals surface area contributed by atoms with Gasteiger partial charge in [-0.05, 0) is 60.1 Å². The van der Waals surface area contributed by atoms with E-state index in [9.17, 15) is 9.59 Å². The molecule has 5 heteroatoms. The van der Waals surface area contributed by atoms with Crippen molar-refractivity contribution < 1.29 is 9.59 Å². The molecule has 0 radical (unpaired) electrons. The summed E-state index contributed by atoms with van der Waals surface area (Å²) in [5.41, 5.74) is 0.200. The van der Waals surface area contributed by atoms with Crippen LogP contribution in [0.15, 0.2) is 24.3 Å². The quantitative estimate of drug-likeness (QED) is 0.793. The van der Waals surface area contributed by atoms with Gasteiger partial charge in [0.2, 0.25) is 11.8 Å². The molecule has 21 heavy (non-hydrogen) atoms. The zero-order valence-electron chi connectivity index (χ0n) is 12.8. The minimum atomic E-state index is -0.842. The van der Waals surface area contributed by atoms with Crippen LogP contribution in [0.2, 0.25) is 0 Å². The Morgan fingerprint density at radius 1 is 1.24 bits per heavy atom. The predicted molar refractivity (Wildman–Crippen MR) is 90.6 cm³/mol. The van der Waals surface area contributed by atoms with Crippen molar-refractivity contribution in [2.24, 2.45) is 5.92 Å². The topological polar surface area (TPSA) is 49.4 Å². The van der Waals surface area contributed by atoms with Crippen LogP contribution in [0.5, 0.6) is 0 Å². The SMILES string of the molecule is CC(C)C1C(=O)NC(C)(C)C(=O)N1Cc1ccc(I)cc1. The Morgan fingerprint density at radius 2 is 1.81 bits per heavy atom. The van der Waals surface area contributed by atoms with E-state index in [4.69, 9.17) is 0 Å². The van der Waals surface area contributed by atoms with Crippen LogP contribution in [-0.2, 0) is 16.1 Å². The second kappa shape index (κ2) is 5.94. The van der Waals surface area contributed by atoms with Crippen LogP contribution >= 0.6 is 22.6 Å². The van der Waals surface area contributed by atoms with Crippen LogP contribution in [0.4, 0.5) is 0 Å². The zero-order valence-corrected chi connectivity index (χ0v) is 15.0. The van der Waals surface area contributed by atoms with E-state index in [-0.39, 0.29) is 17.7 Å². The Balaban J connectivity index is 2.32. The van der Waals surface area contributed by atoms with E-state index in [2.05, 4.69) is 27.9 Å². The Kier molecular flexibility index (Phi) is 4.60. The van der Waals surface area contributed by atoms with Crippen LogP contribution < -0.4 is 5.32 Å². The highest BCUT2D eigenvalue weighted by atomic mass is 127. The van der Waals surface area contributed by atoms with Crippen molar-refractivity contribution >= 4 is 34.4 Å². The summed E-state index contributed by atoms with van der Waals surface area (Å²) in [5.74, 6) is -0.0200. The molecule has 0 spiro atoms. The Morgan fingerprint density at radius 3 is 2.33 bits per heavy atom. The minimum Gasteiger partial charge on any atom is -0.340 e. The second-order valence-electron chi connectivity index (χ2n) is 6.36. The molecule has 2 amide bonds. The molecule has 0 saturated carbocycles. The van der Waals surface area contributed by atoms with Crippen LogP contribution in [0.25, 0.3) is 0 Å². The largest absolute Gasteiger partial charge is 0.340 e. The number of halogens is 1. The Bertz CT molecular complexity index is 552. The third-order valence-corrected chi connectivity index (χ3v) is 4.45. The molecule has 1 aromatic rings. The van der Waals surface area contributed by atoms with Crippen LogP contribution in [0, 0.1) is 9.49 Å². The summed E-state index contributed by atoms with van der Waals surface area (Å²) in [7, 11) is 0. The summed E-state index contributed by atoms with van der Waals surface area (Å²) in [5, 5.41) is 2.83. The molecular formula is C16H21IN2O2. The molecule has 1 N–H and O–H groups in total. The molecule has 0 bridgehead atoms. The first-order valence-corrected chi connectivity index (χ1v) is 8.18. The van der Waals surface area contributed by atoms with Gasteiger partial charge in [-0.2, -0.15) is 0 Å². The summed E-state index contributed by atoms with van der Waals surface area (Å²) in [6.07, 6.45) is 0. The Hall–Kier alpha value is -1.11. The van der Waals surface area contributed by atoms with Crippen molar-refractivity contribution in [3.8, 4) is 0 Å². The predicted octanol–water partition coefficient (Wildman–Crippen LogP) is 2.55. The van der Waals surface area contributed by atoms with Gasteiger partial charge in [-0.3, -0.25) is 9.59 Å². The zero-order chi connectivity index (χ0) is 15.8. The molecule has 1 saturated heterocycles. The number of carbonyl (C=O) groups is 2. The number of hydrogen-bond acceptors (Lipinski definition) is 2. The second-order valence-corrected chi connectivity index (χ2v) is 7.61. The smallest absolute Gasteiger partial charge is 0.248 e. The van der Waals surface area contributed by atoms with Gasteiger partial charge in [0.05, 0.1) is 0 Å². The Labute approximate surface area is 139 Å². The van der Waals surface area contributed by atoms with Crippen molar-refractivity contribution in [2.45, 2.75) is 45.8 Å². The molecule has 4 nitrogen and oxygen atoms in total. The van der Waals surface area contributed by atoms with Gasteiger partial charge in [-0.25, -0.2) is 0 Å². The maximum absolute atomic E-state index is 12.7. The molecular weight excluding hydrogens is 379 g/mol. The third kappa shape index (κ3) is 3.39. The lowest BCUT2D eigenvalue weighted by Crippen LogP contribution is -2.68. The summed E-state index contributed by atoms with van der Waals surface area (Å²) in [6.45, 7) is 7.92. The monoisotopic (exact) mass is 400 g/mol. The lowest BCUT2D eigenvalue weighted by atomic mass is 9.91. The first-order chi connectivity index (χ1) is 9.72. The highest BCUT2D eigenvalue weighted by Gasteiger charge is 2.46. The van der Waals surface area contributed by atoms with Gasteiger partial charge in [-0.15, -0.1) is 0 Å². The van der Waals surface area contributed by atoms with Gasteiger partial charge < -0.3 is 10.2 Å². The fourth-order valence-electron chi connectivity index (χ4n) is 2.68.